The molecule has 0 aliphatic carbocycles. The number of H-pyrrole nitrogens is 1. The van der Waals surface area contributed by atoms with Crippen molar-refractivity contribution in [2.24, 2.45) is 5.41 Å². The summed E-state index contributed by atoms with van der Waals surface area (Å²) in [6.45, 7) is 6.86. The number of nitrogens with one attached hydrogen (secondary N) is 2. The zero-order chi connectivity index (χ0) is 12.9. The summed E-state index contributed by atoms with van der Waals surface area (Å²) in [5.74, 6) is -0.0526. The van der Waals surface area contributed by atoms with E-state index in [2.05, 4.69) is 45.3 Å². The van der Waals surface area contributed by atoms with Crippen LogP contribution in [0, 0.1) is 12.3 Å². The number of carbonyl (C=O) groups excluding carboxylic acids is 1. The van der Waals surface area contributed by atoms with Crippen LogP contribution in [0.5, 0.6) is 0 Å². The number of carbonyl (C=O) groups is 1. The molecule has 17 heavy (non-hydrogen) atoms. The summed E-state index contributed by atoms with van der Waals surface area (Å²) < 4.78 is 0. The molecule has 1 rings (SSSR count). The van der Waals surface area contributed by atoms with Crippen molar-refractivity contribution in [3.8, 4) is 0 Å². The molecule has 0 aliphatic heterocycles. The Morgan fingerprint density at radius 3 is 2.82 bits per heavy atom. The van der Waals surface area contributed by atoms with Gasteiger partial charge in [0.2, 0.25) is 0 Å². The highest BCUT2D eigenvalue weighted by Gasteiger charge is 2.19. The maximum atomic E-state index is 11.9. The van der Waals surface area contributed by atoms with Crippen molar-refractivity contribution in [1.82, 2.24) is 15.5 Å². The molecular formula is C12H20BrN3O. The average molecular weight is 302 g/mol. The van der Waals surface area contributed by atoms with E-state index in [4.69, 9.17) is 0 Å². The first-order valence-electron chi connectivity index (χ1n) is 5.80. The molecule has 4 nitrogen and oxygen atoms in total. The van der Waals surface area contributed by atoms with Gasteiger partial charge in [0.05, 0.1) is 11.8 Å². The minimum absolute atomic E-state index is 0.0526. The van der Waals surface area contributed by atoms with Crippen molar-refractivity contribution >= 4 is 21.8 Å². The van der Waals surface area contributed by atoms with E-state index in [1.54, 1.807) is 6.20 Å². The number of rotatable bonds is 6. The fourth-order valence-corrected chi connectivity index (χ4v) is 1.91. The van der Waals surface area contributed by atoms with Crippen molar-refractivity contribution in [1.29, 1.82) is 0 Å². The van der Waals surface area contributed by atoms with E-state index >= 15 is 0 Å². The first kappa shape index (κ1) is 14.2. The minimum atomic E-state index is -0.0526. The van der Waals surface area contributed by atoms with Crippen LogP contribution in [0.2, 0.25) is 0 Å². The highest BCUT2D eigenvalue weighted by Crippen LogP contribution is 2.21. The monoisotopic (exact) mass is 301 g/mol. The normalized spacial score (nSPS) is 11.5. The largest absolute Gasteiger partial charge is 0.351 e. The third-order valence-electron chi connectivity index (χ3n) is 2.79. The van der Waals surface area contributed by atoms with E-state index in [9.17, 15) is 4.79 Å². The van der Waals surface area contributed by atoms with Crippen LogP contribution in [0.1, 0.15) is 42.7 Å². The van der Waals surface area contributed by atoms with Crippen LogP contribution in [-0.2, 0) is 0 Å². The second-order valence-corrected chi connectivity index (χ2v) is 5.84. The Labute approximate surface area is 111 Å². The van der Waals surface area contributed by atoms with Crippen molar-refractivity contribution in [3.05, 3.63) is 17.5 Å². The molecule has 0 bridgehead atoms. The SMILES string of the molecule is Cc1[nH]ncc1C(=O)NCC(C)(C)CCCBr. The Kier molecular flexibility index (Phi) is 5.18. The molecule has 1 aromatic rings. The average Bonchev–Trinajstić information content (AvgIpc) is 2.70. The molecule has 5 heteroatoms. The maximum absolute atomic E-state index is 11.9. The van der Waals surface area contributed by atoms with E-state index < -0.39 is 0 Å². The number of hydrogen-bond donors (Lipinski definition) is 2. The lowest BCUT2D eigenvalue weighted by Gasteiger charge is -2.24. The van der Waals surface area contributed by atoms with E-state index in [1.807, 2.05) is 6.92 Å². The lowest BCUT2D eigenvalue weighted by molar-refractivity contribution is 0.0934. The first-order valence-corrected chi connectivity index (χ1v) is 6.92. The van der Waals surface area contributed by atoms with Crippen LogP contribution in [-0.4, -0.2) is 28.0 Å². The molecule has 0 saturated heterocycles. The smallest absolute Gasteiger partial charge is 0.254 e. The van der Waals surface area contributed by atoms with Gasteiger partial charge in [0.1, 0.15) is 0 Å². The van der Waals surface area contributed by atoms with Gasteiger partial charge in [-0.05, 0) is 25.2 Å². The second kappa shape index (κ2) is 6.19. The summed E-state index contributed by atoms with van der Waals surface area (Å²) in [5, 5.41) is 10.6. The number of alkyl halides is 1. The Hall–Kier alpha value is -0.840. The molecule has 0 atom stereocenters. The lowest BCUT2D eigenvalue weighted by Crippen LogP contribution is -2.34. The molecule has 0 spiro atoms. The van der Waals surface area contributed by atoms with Gasteiger partial charge in [-0.15, -0.1) is 0 Å². The second-order valence-electron chi connectivity index (χ2n) is 5.05. The van der Waals surface area contributed by atoms with Gasteiger partial charge >= 0.3 is 0 Å². The van der Waals surface area contributed by atoms with E-state index in [0.29, 0.717) is 12.1 Å². The van der Waals surface area contributed by atoms with Crippen LogP contribution in [0.25, 0.3) is 0 Å². The molecular weight excluding hydrogens is 282 g/mol. The van der Waals surface area contributed by atoms with Gasteiger partial charge in [-0.25, -0.2) is 0 Å². The van der Waals surface area contributed by atoms with Gasteiger partial charge in [-0.1, -0.05) is 29.8 Å². The van der Waals surface area contributed by atoms with Gasteiger partial charge in [0.15, 0.2) is 0 Å². The lowest BCUT2D eigenvalue weighted by atomic mass is 9.88. The predicted octanol–water partition coefficient (Wildman–Crippen LogP) is 2.65. The molecule has 1 amide bonds. The molecule has 1 aromatic heterocycles. The zero-order valence-corrected chi connectivity index (χ0v) is 12.2. The van der Waals surface area contributed by atoms with Crippen molar-refractivity contribution in [2.75, 3.05) is 11.9 Å². The molecule has 0 fully saturated rings. The van der Waals surface area contributed by atoms with Crippen molar-refractivity contribution in [2.45, 2.75) is 33.6 Å². The Balaban J connectivity index is 2.45. The van der Waals surface area contributed by atoms with Crippen molar-refractivity contribution < 1.29 is 4.79 Å². The van der Waals surface area contributed by atoms with E-state index in [0.717, 1.165) is 23.9 Å². The van der Waals surface area contributed by atoms with E-state index in [-0.39, 0.29) is 11.3 Å². The van der Waals surface area contributed by atoms with E-state index in [1.165, 1.54) is 0 Å². The van der Waals surface area contributed by atoms with Gasteiger partial charge in [-0.2, -0.15) is 5.10 Å². The van der Waals surface area contributed by atoms with Gasteiger partial charge in [-0.3, -0.25) is 9.89 Å². The third kappa shape index (κ3) is 4.50. The van der Waals surface area contributed by atoms with Crippen LogP contribution in [0.3, 0.4) is 0 Å². The summed E-state index contributed by atoms with van der Waals surface area (Å²) in [4.78, 5) is 11.9. The number of aromatic amines is 1. The topological polar surface area (TPSA) is 57.8 Å². The number of aromatic nitrogens is 2. The Bertz CT molecular complexity index is 374. The number of aryl methyl sites for hydroxylation is 1. The number of hydrogen-bond acceptors (Lipinski definition) is 2. The molecule has 0 unspecified atom stereocenters. The van der Waals surface area contributed by atoms with Gasteiger partial charge in [0.25, 0.3) is 5.91 Å². The fourth-order valence-electron chi connectivity index (χ4n) is 1.63. The summed E-state index contributed by atoms with van der Waals surface area (Å²) >= 11 is 3.42. The molecule has 2 N–H and O–H groups in total. The van der Waals surface area contributed by atoms with Crippen LogP contribution in [0.15, 0.2) is 6.20 Å². The van der Waals surface area contributed by atoms with Crippen LogP contribution < -0.4 is 5.32 Å². The van der Waals surface area contributed by atoms with Crippen LogP contribution in [0.4, 0.5) is 0 Å². The highest BCUT2D eigenvalue weighted by atomic mass is 79.9. The Morgan fingerprint density at radius 1 is 1.59 bits per heavy atom. The Morgan fingerprint density at radius 2 is 2.29 bits per heavy atom. The summed E-state index contributed by atoms with van der Waals surface area (Å²) in [6, 6.07) is 0. The van der Waals surface area contributed by atoms with Crippen molar-refractivity contribution in [3.63, 3.8) is 0 Å². The number of halogens is 1. The standard InChI is InChI=1S/C12H20BrN3O/c1-9-10(7-15-16-9)11(17)14-8-12(2,3)5-4-6-13/h7H,4-6,8H2,1-3H3,(H,14,17)(H,15,16). The predicted molar refractivity (Wildman–Crippen MR) is 72.5 cm³/mol. The zero-order valence-electron chi connectivity index (χ0n) is 10.6. The fraction of sp³-hybridized carbons (Fsp3) is 0.667. The third-order valence-corrected chi connectivity index (χ3v) is 3.35. The summed E-state index contributed by atoms with van der Waals surface area (Å²) in [7, 11) is 0. The molecule has 0 aromatic carbocycles. The first-order chi connectivity index (χ1) is 7.96. The molecule has 0 saturated carbocycles. The molecule has 1 heterocycles. The minimum Gasteiger partial charge on any atom is -0.351 e. The maximum Gasteiger partial charge on any atom is 0.254 e. The van der Waals surface area contributed by atoms with Gasteiger partial charge < -0.3 is 5.32 Å². The quantitative estimate of drug-likeness (QED) is 0.794. The molecule has 0 radical (unpaired) electrons. The highest BCUT2D eigenvalue weighted by molar-refractivity contribution is 9.09. The number of amides is 1. The van der Waals surface area contributed by atoms with Gasteiger partial charge in [0, 0.05) is 17.6 Å². The van der Waals surface area contributed by atoms with Crippen LogP contribution >= 0.6 is 15.9 Å². The molecule has 96 valence electrons. The molecule has 0 aliphatic rings. The summed E-state index contributed by atoms with van der Waals surface area (Å²) in [6.07, 6.45) is 3.77. The number of nitrogens with zero attached hydrogens (tertiary/aromatic N) is 1. The summed E-state index contributed by atoms with van der Waals surface area (Å²) in [5.41, 5.74) is 1.56.